The van der Waals surface area contributed by atoms with E-state index in [0.29, 0.717) is 0 Å². The molecule has 1 aliphatic carbocycles. The van der Waals surface area contributed by atoms with Crippen LogP contribution in [0.5, 0.6) is 5.88 Å². The molecule has 4 nitrogen and oxygen atoms in total. The first-order valence-electron chi connectivity index (χ1n) is 7.55. The van der Waals surface area contributed by atoms with Crippen molar-refractivity contribution < 1.29 is 4.74 Å². The van der Waals surface area contributed by atoms with Crippen LogP contribution in [0.25, 0.3) is 11.3 Å². The number of aromatic nitrogens is 2. The second-order valence-corrected chi connectivity index (χ2v) is 5.47. The molecule has 0 unspecified atom stereocenters. The summed E-state index contributed by atoms with van der Waals surface area (Å²) in [5, 5.41) is 9.34. The second kappa shape index (κ2) is 6.12. The fraction of sp³-hybridized carbons (Fsp3) is 0.412. The summed E-state index contributed by atoms with van der Waals surface area (Å²) in [6, 6.07) is 10.2. The molecule has 0 amide bonds. The van der Waals surface area contributed by atoms with Crippen molar-refractivity contribution >= 4 is 5.71 Å². The lowest BCUT2D eigenvalue weighted by Crippen LogP contribution is -2.08. The summed E-state index contributed by atoms with van der Waals surface area (Å²) in [4.78, 5) is 1.66. The lowest BCUT2D eigenvalue weighted by atomic mass is 9.99. The number of hydrogen-bond acceptors (Lipinski definition) is 3. The molecule has 0 bridgehead atoms. The van der Waals surface area contributed by atoms with E-state index in [1.165, 1.54) is 25.0 Å². The molecule has 1 saturated carbocycles. The number of methoxy groups -OCH3 is 1. The zero-order valence-electron chi connectivity index (χ0n) is 12.7. The molecule has 1 aromatic heterocycles. The summed E-state index contributed by atoms with van der Waals surface area (Å²) >= 11 is 0. The molecule has 0 radical (unpaired) electrons. The number of hydrogen-bond donors (Lipinski definition) is 0. The maximum atomic E-state index is 5.51. The Hall–Kier alpha value is -2.10. The monoisotopic (exact) mass is 283 g/mol. The lowest BCUT2D eigenvalue weighted by molar-refractivity contribution is 0.368. The molecule has 21 heavy (non-hydrogen) atoms. The fourth-order valence-corrected chi connectivity index (χ4v) is 2.83. The van der Waals surface area contributed by atoms with Crippen molar-refractivity contribution in [1.82, 2.24) is 9.89 Å². The van der Waals surface area contributed by atoms with Crippen molar-refractivity contribution in [2.45, 2.75) is 39.0 Å². The summed E-state index contributed by atoms with van der Waals surface area (Å²) in [7, 11) is 1.68. The van der Waals surface area contributed by atoms with Crippen LogP contribution < -0.4 is 4.74 Å². The van der Waals surface area contributed by atoms with Crippen LogP contribution in [0.2, 0.25) is 0 Å². The number of nitrogens with zero attached hydrogens (tertiary/aromatic N) is 3. The molecule has 0 N–H and O–H groups in total. The third-order valence-electron chi connectivity index (χ3n) is 3.96. The number of benzene rings is 1. The van der Waals surface area contributed by atoms with Gasteiger partial charge in [0.25, 0.3) is 0 Å². The quantitative estimate of drug-likeness (QED) is 0.853. The van der Waals surface area contributed by atoms with Crippen LogP contribution in [0.4, 0.5) is 0 Å². The van der Waals surface area contributed by atoms with E-state index in [4.69, 9.17) is 9.84 Å². The van der Waals surface area contributed by atoms with Crippen LogP contribution >= 0.6 is 0 Å². The van der Waals surface area contributed by atoms with Crippen molar-refractivity contribution in [2.24, 2.45) is 5.10 Å². The topological polar surface area (TPSA) is 39.4 Å². The molecular formula is C17H21N3O. The average molecular weight is 283 g/mol. The SMILES string of the molecule is COc1c(C)c(-c2ccccc2)nn1N=C1CCCCC1. The molecule has 2 aromatic rings. The van der Waals surface area contributed by atoms with Gasteiger partial charge in [-0.25, -0.2) is 0 Å². The van der Waals surface area contributed by atoms with E-state index in [1.807, 2.05) is 25.1 Å². The van der Waals surface area contributed by atoms with Crippen molar-refractivity contribution in [3.63, 3.8) is 0 Å². The van der Waals surface area contributed by atoms with Gasteiger partial charge in [-0.05, 0) is 32.6 Å². The van der Waals surface area contributed by atoms with Crippen LogP contribution in [0.15, 0.2) is 35.4 Å². The van der Waals surface area contributed by atoms with Gasteiger partial charge in [-0.15, -0.1) is 9.89 Å². The van der Waals surface area contributed by atoms with Gasteiger partial charge in [0, 0.05) is 16.8 Å². The Balaban J connectivity index is 2.01. The molecule has 110 valence electrons. The summed E-state index contributed by atoms with van der Waals surface area (Å²) in [5.41, 5.74) is 4.29. The van der Waals surface area contributed by atoms with Crippen LogP contribution in [0.3, 0.4) is 0 Å². The van der Waals surface area contributed by atoms with E-state index in [2.05, 4.69) is 17.2 Å². The predicted octanol–water partition coefficient (Wildman–Crippen LogP) is 4.04. The highest BCUT2D eigenvalue weighted by molar-refractivity contribution is 5.85. The third-order valence-corrected chi connectivity index (χ3v) is 3.96. The average Bonchev–Trinajstić information content (AvgIpc) is 2.85. The summed E-state index contributed by atoms with van der Waals surface area (Å²) in [6.07, 6.45) is 5.91. The minimum atomic E-state index is 0.729. The Kier molecular flexibility index (Phi) is 4.04. The lowest BCUT2D eigenvalue weighted by Gasteiger charge is -2.12. The number of rotatable bonds is 3. The van der Waals surface area contributed by atoms with E-state index < -0.39 is 0 Å². The highest BCUT2D eigenvalue weighted by atomic mass is 16.5. The first-order chi connectivity index (χ1) is 10.3. The van der Waals surface area contributed by atoms with E-state index in [0.717, 1.165) is 35.5 Å². The summed E-state index contributed by atoms with van der Waals surface area (Å²) in [6.45, 7) is 2.03. The molecule has 1 aromatic carbocycles. The second-order valence-electron chi connectivity index (χ2n) is 5.47. The molecule has 1 fully saturated rings. The Morgan fingerprint density at radius 1 is 1.10 bits per heavy atom. The molecule has 1 aliphatic rings. The zero-order valence-corrected chi connectivity index (χ0v) is 12.7. The standard InChI is InChI=1S/C17H21N3O/c1-13-16(14-9-5-3-6-10-14)19-20(17(13)21-2)18-15-11-7-4-8-12-15/h3,5-6,9-10H,4,7-8,11-12H2,1-2H3. The minimum Gasteiger partial charge on any atom is -0.480 e. The van der Waals surface area contributed by atoms with Gasteiger partial charge in [-0.2, -0.15) is 5.10 Å². The van der Waals surface area contributed by atoms with Gasteiger partial charge in [0.05, 0.1) is 7.11 Å². The maximum absolute atomic E-state index is 5.51. The maximum Gasteiger partial charge on any atom is 0.238 e. The van der Waals surface area contributed by atoms with E-state index in [1.54, 1.807) is 11.9 Å². The molecule has 0 aliphatic heterocycles. The first-order valence-corrected chi connectivity index (χ1v) is 7.55. The summed E-state index contributed by atoms with van der Waals surface area (Å²) in [5.74, 6) is 0.729. The van der Waals surface area contributed by atoms with Gasteiger partial charge in [-0.1, -0.05) is 36.8 Å². The van der Waals surface area contributed by atoms with Gasteiger partial charge in [-0.3, -0.25) is 0 Å². The normalized spacial score (nSPS) is 15.0. The van der Waals surface area contributed by atoms with Crippen molar-refractivity contribution in [3.05, 3.63) is 35.9 Å². The van der Waals surface area contributed by atoms with Crippen LogP contribution in [0.1, 0.15) is 37.7 Å². The van der Waals surface area contributed by atoms with Gasteiger partial charge in [0.15, 0.2) is 0 Å². The van der Waals surface area contributed by atoms with Crippen LogP contribution in [0, 0.1) is 6.92 Å². The zero-order chi connectivity index (χ0) is 14.7. The van der Waals surface area contributed by atoms with Crippen molar-refractivity contribution in [3.8, 4) is 17.1 Å². The minimum absolute atomic E-state index is 0.729. The predicted molar refractivity (Wildman–Crippen MR) is 84.9 cm³/mol. The molecule has 1 heterocycles. The molecule has 0 spiro atoms. The van der Waals surface area contributed by atoms with Gasteiger partial charge < -0.3 is 4.74 Å². The molecule has 0 saturated heterocycles. The smallest absolute Gasteiger partial charge is 0.238 e. The first kappa shape index (κ1) is 13.9. The van der Waals surface area contributed by atoms with Gasteiger partial charge in [0.2, 0.25) is 5.88 Å². The Morgan fingerprint density at radius 2 is 1.81 bits per heavy atom. The fourth-order valence-electron chi connectivity index (χ4n) is 2.83. The van der Waals surface area contributed by atoms with E-state index in [-0.39, 0.29) is 0 Å². The highest BCUT2D eigenvalue weighted by Crippen LogP contribution is 2.29. The summed E-state index contributed by atoms with van der Waals surface area (Å²) < 4.78 is 5.51. The van der Waals surface area contributed by atoms with E-state index >= 15 is 0 Å². The van der Waals surface area contributed by atoms with Gasteiger partial charge >= 0.3 is 0 Å². The van der Waals surface area contributed by atoms with E-state index in [9.17, 15) is 0 Å². The van der Waals surface area contributed by atoms with Gasteiger partial charge in [0.1, 0.15) is 5.69 Å². The number of ether oxygens (including phenoxy) is 1. The van der Waals surface area contributed by atoms with Crippen molar-refractivity contribution in [1.29, 1.82) is 0 Å². The van der Waals surface area contributed by atoms with Crippen LogP contribution in [-0.4, -0.2) is 22.7 Å². The molecule has 3 rings (SSSR count). The van der Waals surface area contributed by atoms with Crippen LogP contribution in [-0.2, 0) is 0 Å². The Morgan fingerprint density at radius 3 is 2.48 bits per heavy atom. The molecular weight excluding hydrogens is 262 g/mol. The Labute approximate surface area is 125 Å². The largest absolute Gasteiger partial charge is 0.480 e. The third kappa shape index (κ3) is 2.84. The Bertz CT molecular complexity index is 636. The molecule has 0 atom stereocenters. The van der Waals surface area contributed by atoms with Crippen molar-refractivity contribution in [2.75, 3.05) is 7.11 Å². The molecule has 4 heteroatoms. The highest BCUT2D eigenvalue weighted by Gasteiger charge is 2.17.